The molecule has 0 saturated heterocycles. The molecule has 2 rings (SSSR count). The van der Waals surface area contributed by atoms with Crippen LogP contribution in [0.1, 0.15) is 10.4 Å². The highest BCUT2D eigenvalue weighted by atomic mass is 35.5. The number of nitrogens with zero attached hydrogens (tertiary/aromatic N) is 1. The molecule has 2 aromatic carbocycles. The number of ketones is 1. The van der Waals surface area contributed by atoms with E-state index in [-0.39, 0.29) is 5.76 Å². The van der Waals surface area contributed by atoms with Crippen molar-refractivity contribution in [2.75, 3.05) is 14.1 Å². The van der Waals surface area contributed by atoms with Crippen molar-refractivity contribution in [3.05, 3.63) is 76.6 Å². The molecular formula is C17H14ClF2NO2. The number of hydrogen-bond acceptors (Lipinski definition) is 3. The average Bonchev–Trinajstić information content (AvgIpc) is 2.50. The van der Waals surface area contributed by atoms with Crippen LogP contribution in [0.25, 0.3) is 0 Å². The Morgan fingerprint density at radius 3 is 2.39 bits per heavy atom. The van der Waals surface area contributed by atoms with Gasteiger partial charge in [0.05, 0.1) is 5.56 Å². The zero-order chi connectivity index (χ0) is 17.0. The summed E-state index contributed by atoms with van der Waals surface area (Å²) in [5.74, 6) is -2.84. The molecule has 0 aliphatic heterocycles. The van der Waals surface area contributed by atoms with Crippen molar-refractivity contribution in [1.29, 1.82) is 0 Å². The number of hydrogen-bond donors (Lipinski definition) is 0. The minimum atomic E-state index is -1.21. The quantitative estimate of drug-likeness (QED) is 0.463. The maximum Gasteiger partial charge on any atom is 0.232 e. The van der Waals surface area contributed by atoms with Crippen LogP contribution < -0.4 is 4.74 Å². The van der Waals surface area contributed by atoms with E-state index in [0.717, 1.165) is 6.07 Å². The summed E-state index contributed by atoms with van der Waals surface area (Å²) in [6, 6.07) is 9.75. The normalized spacial score (nSPS) is 11.3. The standard InChI is InChI=1S/C17H14ClF2NO2/c1-21(2)10-15(23-12-8-6-11(18)7-9-12)17(22)13-4-3-5-14(19)16(13)20/h3-10H,1-2H3/b15-10-. The molecule has 0 fully saturated rings. The predicted molar refractivity (Wildman–Crippen MR) is 84.5 cm³/mol. The molecule has 0 unspecified atom stereocenters. The van der Waals surface area contributed by atoms with Crippen molar-refractivity contribution in [3.8, 4) is 5.75 Å². The Kier molecular flexibility index (Phi) is 5.34. The fourth-order valence-electron chi connectivity index (χ4n) is 1.81. The Hall–Kier alpha value is -2.40. The maximum absolute atomic E-state index is 13.8. The van der Waals surface area contributed by atoms with Crippen LogP contribution in [-0.2, 0) is 0 Å². The van der Waals surface area contributed by atoms with Crippen LogP contribution in [-0.4, -0.2) is 24.8 Å². The number of Topliss-reactive ketones (excluding diaryl/α,β-unsaturated/α-hetero) is 1. The number of ether oxygens (including phenoxy) is 1. The fraction of sp³-hybridized carbons (Fsp3) is 0.118. The molecule has 0 amide bonds. The van der Waals surface area contributed by atoms with Crippen LogP contribution in [0, 0.1) is 11.6 Å². The fourth-order valence-corrected chi connectivity index (χ4v) is 1.93. The van der Waals surface area contributed by atoms with Crippen molar-refractivity contribution in [3.63, 3.8) is 0 Å². The lowest BCUT2D eigenvalue weighted by Gasteiger charge is -2.13. The van der Waals surface area contributed by atoms with Crippen molar-refractivity contribution in [2.24, 2.45) is 0 Å². The molecule has 0 heterocycles. The van der Waals surface area contributed by atoms with Crippen LogP contribution in [0.3, 0.4) is 0 Å². The molecule has 0 aliphatic rings. The molecule has 6 heteroatoms. The van der Waals surface area contributed by atoms with Gasteiger partial charge in [-0.15, -0.1) is 0 Å². The van der Waals surface area contributed by atoms with Gasteiger partial charge in [0.1, 0.15) is 5.75 Å². The zero-order valence-corrected chi connectivity index (χ0v) is 13.3. The van der Waals surface area contributed by atoms with E-state index < -0.39 is 23.0 Å². The molecule has 0 radical (unpaired) electrons. The van der Waals surface area contributed by atoms with E-state index in [0.29, 0.717) is 10.8 Å². The molecule has 0 saturated carbocycles. The Morgan fingerprint density at radius 2 is 1.78 bits per heavy atom. The summed E-state index contributed by atoms with van der Waals surface area (Å²) in [4.78, 5) is 14.0. The first kappa shape index (κ1) is 17.0. The SMILES string of the molecule is CN(C)/C=C(\Oc1ccc(Cl)cc1)C(=O)c1cccc(F)c1F. The number of halogens is 3. The second kappa shape index (κ2) is 7.24. The van der Waals surface area contributed by atoms with E-state index >= 15 is 0 Å². The van der Waals surface area contributed by atoms with Gasteiger partial charge < -0.3 is 9.64 Å². The first-order valence-electron chi connectivity index (χ1n) is 6.69. The van der Waals surface area contributed by atoms with E-state index in [2.05, 4.69) is 0 Å². The van der Waals surface area contributed by atoms with Crippen molar-refractivity contribution < 1.29 is 18.3 Å². The molecule has 120 valence electrons. The molecule has 2 aromatic rings. The molecule has 0 N–H and O–H groups in total. The van der Waals surface area contributed by atoms with Crippen molar-refractivity contribution >= 4 is 17.4 Å². The summed E-state index contributed by atoms with van der Waals surface area (Å²) in [5.41, 5.74) is -0.396. The van der Waals surface area contributed by atoms with Crippen LogP contribution >= 0.6 is 11.6 Å². The highest BCUT2D eigenvalue weighted by Gasteiger charge is 2.21. The van der Waals surface area contributed by atoms with Gasteiger partial charge in [-0.05, 0) is 36.4 Å². The Bertz CT molecular complexity index is 743. The predicted octanol–water partition coefficient (Wildman–Crippen LogP) is 4.28. The Labute approximate surface area is 137 Å². The number of allylic oxidation sites excluding steroid dienone is 1. The zero-order valence-electron chi connectivity index (χ0n) is 12.5. The largest absolute Gasteiger partial charge is 0.452 e. The number of carbonyl (C=O) groups excluding carboxylic acids is 1. The van der Waals surface area contributed by atoms with E-state index in [9.17, 15) is 13.6 Å². The third-order valence-corrected chi connectivity index (χ3v) is 3.09. The van der Waals surface area contributed by atoms with Gasteiger partial charge in [0.15, 0.2) is 17.4 Å². The van der Waals surface area contributed by atoms with Crippen LogP contribution in [0.4, 0.5) is 8.78 Å². The number of carbonyl (C=O) groups is 1. The minimum Gasteiger partial charge on any atom is -0.452 e. The molecule has 0 bridgehead atoms. The lowest BCUT2D eigenvalue weighted by atomic mass is 10.1. The number of rotatable bonds is 5. The van der Waals surface area contributed by atoms with E-state index in [1.807, 2.05) is 0 Å². The van der Waals surface area contributed by atoms with Gasteiger partial charge in [0, 0.05) is 25.3 Å². The third kappa shape index (κ3) is 4.29. The maximum atomic E-state index is 13.8. The van der Waals surface area contributed by atoms with Crippen LogP contribution in [0.2, 0.25) is 5.02 Å². The first-order chi connectivity index (χ1) is 10.9. The van der Waals surface area contributed by atoms with Crippen LogP contribution in [0.15, 0.2) is 54.4 Å². The molecule has 0 aromatic heterocycles. The smallest absolute Gasteiger partial charge is 0.232 e. The lowest BCUT2D eigenvalue weighted by Crippen LogP contribution is -2.16. The summed E-state index contributed by atoms with van der Waals surface area (Å²) < 4.78 is 32.7. The second-order valence-electron chi connectivity index (χ2n) is 4.94. The topological polar surface area (TPSA) is 29.5 Å². The highest BCUT2D eigenvalue weighted by molar-refractivity contribution is 6.30. The van der Waals surface area contributed by atoms with E-state index in [4.69, 9.17) is 16.3 Å². The van der Waals surface area contributed by atoms with E-state index in [1.165, 1.54) is 18.3 Å². The monoisotopic (exact) mass is 337 g/mol. The summed E-state index contributed by atoms with van der Waals surface area (Å²) in [7, 11) is 3.36. The molecule has 0 atom stereocenters. The average molecular weight is 338 g/mol. The molecule has 0 aliphatic carbocycles. The minimum absolute atomic E-state index is 0.137. The second-order valence-corrected chi connectivity index (χ2v) is 5.38. The molecule has 0 spiro atoms. The molecule has 3 nitrogen and oxygen atoms in total. The van der Waals surface area contributed by atoms with E-state index in [1.54, 1.807) is 43.3 Å². The van der Waals surface area contributed by atoms with Gasteiger partial charge in [0.2, 0.25) is 5.78 Å². The third-order valence-electron chi connectivity index (χ3n) is 2.84. The first-order valence-corrected chi connectivity index (χ1v) is 7.06. The summed E-state index contributed by atoms with van der Waals surface area (Å²) in [5, 5.41) is 0.512. The van der Waals surface area contributed by atoms with Crippen molar-refractivity contribution in [1.82, 2.24) is 4.90 Å². The Morgan fingerprint density at radius 1 is 1.13 bits per heavy atom. The number of benzene rings is 2. The van der Waals surface area contributed by atoms with Gasteiger partial charge in [0.25, 0.3) is 0 Å². The van der Waals surface area contributed by atoms with Gasteiger partial charge in [-0.3, -0.25) is 4.79 Å². The summed E-state index contributed by atoms with van der Waals surface area (Å²) in [6.45, 7) is 0. The molecule has 23 heavy (non-hydrogen) atoms. The Balaban J connectivity index is 2.37. The highest BCUT2D eigenvalue weighted by Crippen LogP contribution is 2.21. The van der Waals surface area contributed by atoms with Gasteiger partial charge in [-0.2, -0.15) is 0 Å². The van der Waals surface area contributed by atoms with Crippen molar-refractivity contribution in [2.45, 2.75) is 0 Å². The van der Waals surface area contributed by atoms with Crippen LogP contribution in [0.5, 0.6) is 5.75 Å². The molecular weight excluding hydrogens is 324 g/mol. The van der Waals surface area contributed by atoms with Gasteiger partial charge in [-0.1, -0.05) is 17.7 Å². The van der Waals surface area contributed by atoms with Gasteiger partial charge in [-0.25, -0.2) is 8.78 Å². The van der Waals surface area contributed by atoms with Gasteiger partial charge >= 0.3 is 0 Å². The lowest BCUT2D eigenvalue weighted by molar-refractivity contribution is 0.0977. The summed E-state index contributed by atoms with van der Waals surface area (Å²) in [6.07, 6.45) is 1.39. The summed E-state index contributed by atoms with van der Waals surface area (Å²) >= 11 is 5.79.